The maximum atomic E-state index is 12.0. The number of pyridine rings is 1. The standard InChI is InChI=1S/C12H13BrN2O2/c1-12(2,3)17-11(16)15-7-9(13)8-6-14-5-4-10(8)15/h4-7H,1-3H3. The van der Waals surface area contributed by atoms with Gasteiger partial charge in [0.05, 0.1) is 5.52 Å². The number of carbonyl (C=O) groups excluding carboxylic acids is 1. The predicted molar refractivity (Wildman–Crippen MR) is 69.1 cm³/mol. The van der Waals surface area contributed by atoms with Gasteiger partial charge >= 0.3 is 6.09 Å². The molecule has 5 heteroatoms. The molecule has 0 unspecified atom stereocenters. The predicted octanol–water partition coefficient (Wildman–Crippen LogP) is 3.58. The van der Waals surface area contributed by atoms with Crippen molar-refractivity contribution in [1.29, 1.82) is 0 Å². The van der Waals surface area contributed by atoms with Gasteiger partial charge in [0, 0.05) is 28.4 Å². The number of hydrogen-bond acceptors (Lipinski definition) is 3. The lowest BCUT2D eigenvalue weighted by molar-refractivity contribution is 0.0544. The molecule has 2 aromatic heterocycles. The molecule has 0 amide bonds. The molecule has 0 fully saturated rings. The molecule has 90 valence electrons. The Bertz CT molecular complexity index is 569. The van der Waals surface area contributed by atoms with Crippen LogP contribution in [-0.4, -0.2) is 21.2 Å². The van der Waals surface area contributed by atoms with Crippen molar-refractivity contribution in [2.75, 3.05) is 0 Å². The first-order valence-electron chi connectivity index (χ1n) is 5.22. The number of rotatable bonds is 0. The van der Waals surface area contributed by atoms with Crippen LogP contribution in [0.15, 0.2) is 29.1 Å². The minimum atomic E-state index is -0.507. The lowest BCUT2D eigenvalue weighted by Crippen LogP contribution is -2.26. The number of ether oxygens (including phenoxy) is 1. The van der Waals surface area contributed by atoms with Crippen LogP contribution in [0.2, 0.25) is 0 Å². The fraction of sp³-hybridized carbons (Fsp3) is 0.333. The maximum Gasteiger partial charge on any atom is 0.419 e. The Balaban J connectivity index is 2.46. The summed E-state index contributed by atoms with van der Waals surface area (Å²) in [5, 5.41) is 0.887. The summed E-state index contributed by atoms with van der Waals surface area (Å²) in [6, 6.07) is 1.78. The van der Waals surface area contributed by atoms with Crippen molar-refractivity contribution in [2.45, 2.75) is 26.4 Å². The van der Waals surface area contributed by atoms with E-state index in [4.69, 9.17) is 4.74 Å². The Morgan fingerprint density at radius 1 is 1.47 bits per heavy atom. The van der Waals surface area contributed by atoms with Gasteiger partial charge in [-0.15, -0.1) is 0 Å². The first kappa shape index (κ1) is 12.1. The molecule has 0 bridgehead atoms. The normalized spacial score (nSPS) is 11.8. The molecule has 0 N–H and O–H groups in total. The van der Waals surface area contributed by atoms with Gasteiger partial charge in [-0.2, -0.15) is 0 Å². The highest BCUT2D eigenvalue weighted by molar-refractivity contribution is 9.10. The van der Waals surface area contributed by atoms with Crippen molar-refractivity contribution in [3.05, 3.63) is 29.1 Å². The molecule has 0 aliphatic carbocycles. The van der Waals surface area contributed by atoms with Crippen LogP contribution >= 0.6 is 15.9 Å². The smallest absolute Gasteiger partial charge is 0.419 e. The Morgan fingerprint density at radius 3 is 2.82 bits per heavy atom. The number of carbonyl (C=O) groups is 1. The molecule has 0 aliphatic rings. The van der Waals surface area contributed by atoms with E-state index in [9.17, 15) is 4.79 Å². The Morgan fingerprint density at radius 2 is 2.18 bits per heavy atom. The molecule has 0 spiro atoms. The van der Waals surface area contributed by atoms with Gasteiger partial charge in [0.2, 0.25) is 0 Å². The third-order valence-corrected chi connectivity index (χ3v) is 2.78. The number of aromatic nitrogens is 2. The summed E-state index contributed by atoms with van der Waals surface area (Å²) in [5.41, 5.74) is 0.272. The van der Waals surface area contributed by atoms with E-state index in [-0.39, 0.29) is 6.09 Å². The summed E-state index contributed by atoms with van der Waals surface area (Å²) >= 11 is 3.40. The molecule has 2 aromatic rings. The summed E-state index contributed by atoms with van der Waals surface area (Å²) in [5.74, 6) is 0. The lowest BCUT2D eigenvalue weighted by atomic mass is 10.2. The van der Waals surface area contributed by atoms with Crippen molar-refractivity contribution in [3.8, 4) is 0 Å². The van der Waals surface area contributed by atoms with E-state index in [2.05, 4.69) is 20.9 Å². The summed E-state index contributed by atoms with van der Waals surface area (Å²) in [4.78, 5) is 16.0. The zero-order valence-corrected chi connectivity index (χ0v) is 11.5. The van der Waals surface area contributed by atoms with Crippen molar-refractivity contribution < 1.29 is 9.53 Å². The van der Waals surface area contributed by atoms with Gasteiger partial charge in [0.1, 0.15) is 5.60 Å². The maximum absolute atomic E-state index is 12.0. The molecule has 0 aromatic carbocycles. The second kappa shape index (κ2) is 4.14. The van der Waals surface area contributed by atoms with Crippen molar-refractivity contribution in [3.63, 3.8) is 0 Å². The molecule has 2 rings (SSSR count). The van der Waals surface area contributed by atoms with Crippen molar-refractivity contribution >= 4 is 32.9 Å². The summed E-state index contributed by atoms with van der Waals surface area (Å²) in [7, 11) is 0. The zero-order valence-electron chi connectivity index (χ0n) is 9.90. The minimum Gasteiger partial charge on any atom is -0.443 e. The van der Waals surface area contributed by atoms with Gasteiger partial charge < -0.3 is 4.74 Å². The van der Waals surface area contributed by atoms with Gasteiger partial charge in [-0.1, -0.05) is 0 Å². The first-order valence-corrected chi connectivity index (χ1v) is 6.02. The van der Waals surface area contributed by atoms with Crippen LogP contribution in [0.1, 0.15) is 20.8 Å². The van der Waals surface area contributed by atoms with Crippen molar-refractivity contribution in [1.82, 2.24) is 9.55 Å². The molecule has 4 nitrogen and oxygen atoms in total. The second-order valence-electron chi connectivity index (χ2n) is 4.72. The van der Waals surface area contributed by atoms with Gasteiger partial charge in [0.25, 0.3) is 0 Å². The summed E-state index contributed by atoms with van der Waals surface area (Å²) in [6.07, 6.45) is 4.66. The fourth-order valence-electron chi connectivity index (χ4n) is 1.50. The minimum absolute atomic E-state index is 0.389. The Hall–Kier alpha value is -1.36. The van der Waals surface area contributed by atoms with Crippen LogP contribution in [0.3, 0.4) is 0 Å². The highest BCUT2D eigenvalue weighted by atomic mass is 79.9. The monoisotopic (exact) mass is 296 g/mol. The molecule has 2 heterocycles. The van der Waals surface area contributed by atoms with E-state index < -0.39 is 5.60 Å². The average Bonchev–Trinajstić information content (AvgIpc) is 2.55. The number of hydrogen-bond donors (Lipinski definition) is 0. The topological polar surface area (TPSA) is 44.1 Å². The summed E-state index contributed by atoms with van der Waals surface area (Å²) in [6.45, 7) is 5.52. The van der Waals surface area contributed by atoms with Crippen LogP contribution in [0, 0.1) is 0 Å². The SMILES string of the molecule is CC(C)(C)OC(=O)n1cc(Br)c2cnccc21. The highest BCUT2D eigenvalue weighted by Crippen LogP contribution is 2.25. The van der Waals surface area contributed by atoms with E-state index in [1.165, 1.54) is 4.57 Å². The molecular weight excluding hydrogens is 284 g/mol. The highest BCUT2D eigenvalue weighted by Gasteiger charge is 2.20. The van der Waals surface area contributed by atoms with Gasteiger partial charge in [-0.25, -0.2) is 4.79 Å². The number of fused-ring (bicyclic) bond motifs is 1. The van der Waals surface area contributed by atoms with Crippen LogP contribution in [-0.2, 0) is 4.74 Å². The number of halogens is 1. The Kier molecular flexibility index (Phi) is 2.95. The fourth-order valence-corrected chi connectivity index (χ4v) is 2.01. The van der Waals surface area contributed by atoms with Crippen LogP contribution < -0.4 is 0 Å². The molecule has 0 saturated carbocycles. The molecular formula is C12H13BrN2O2. The van der Waals surface area contributed by atoms with Crippen LogP contribution in [0.25, 0.3) is 10.9 Å². The van der Waals surface area contributed by atoms with Crippen LogP contribution in [0.5, 0.6) is 0 Å². The van der Waals surface area contributed by atoms with E-state index in [0.717, 1.165) is 15.4 Å². The molecule has 0 saturated heterocycles. The third-order valence-electron chi connectivity index (χ3n) is 2.15. The van der Waals surface area contributed by atoms with Gasteiger partial charge in [0.15, 0.2) is 0 Å². The Labute approximate surface area is 108 Å². The van der Waals surface area contributed by atoms with E-state index in [1.807, 2.05) is 20.8 Å². The zero-order chi connectivity index (χ0) is 12.6. The molecule has 0 atom stereocenters. The lowest BCUT2D eigenvalue weighted by Gasteiger charge is -2.19. The van der Waals surface area contributed by atoms with Crippen molar-refractivity contribution in [2.24, 2.45) is 0 Å². The number of nitrogens with zero attached hydrogens (tertiary/aromatic N) is 2. The van der Waals surface area contributed by atoms with Crippen LogP contribution in [0.4, 0.5) is 4.79 Å². The molecule has 0 aliphatic heterocycles. The summed E-state index contributed by atoms with van der Waals surface area (Å²) < 4.78 is 7.63. The van der Waals surface area contributed by atoms with E-state index >= 15 is 0 Å². The first-order chi connectivity index (χ1) is 7.88. The van der Waals surface area contributed by atoms with Gasteiger partial charge in [-0.05, 0) is 42.8 Å². The van der Waals surface area contributed by atoms with Gasteiger partial charge in [-0.3, -0.25) is 9.55 Å². The second-order valence-corrected chi connectivity index (χ2v) is 5.57. The van der Waals surface area contributed by atoms with E-state index in [1.54, 1.807) is 24.7 Å². The molecule has 17 heavy (non-hydrogen) atoms. The average molecular weight is 297 g/mol. The van der Waals surface area contributed by atoms with E-state index in [0.29, 0.717) is 0 Å². The molecule has 0 radical (unpaired) electrons. The quantitative estimate of drug-likeness (QED) is 0.746. The largest absolute Gasteiger partial charge is 0.443 e. The third kappa shape index (κ3) is 2.49.